The molecule has 1 aliphatic rings. The molecule has 1 amide bonds. The number of amides is 1. The molecule has 0 unspecified atom stereocenters. The van der Waals surface area contributed by atoms with Gasteiger partial charge < -0.3 is 9.80 Å². The van der Waals surface area contributed by atoms with E-state index in [1.165, 1.54) is 0 Å². The number of piperazine rings is 1. The second-order valence-electron chi connectivity index (χ2n) is 6.72. The van der Waals surface area contributed by atoms with Crippen molar-refractivity contribution in [2.75, 3.05) is 31.1 Å². The van der Waals surface area contributed by atoms with E-state index in [0.29, 0.717) is 18.2 Å². The lowest BCUT2D eigenvalue weighted by molar-refractivity contribution is -0.126. The molecule has 0 saturated carbocycles. The lowest BCUT2D eigenvalue weighted by Crippen LogP contribution is -2.48. The van der Waals surface area contributed by atoms with Gasteiger partial charge in [0, 0.05) is 62.4 Å². The molecule has 0 atom stereocenters. The number of carbonyl (C=O) groups is 1. The second-order valence-corrected chi connectivity index (χ2v) is 7.08. The Kier molecular flexibility index (Phi) is 6.50. The number of carbonyl (C=O) groups excluding carboxylic acids is 1. The van der Waals surface area contributed by atoms with Crippen LogP contribution in [0.5, 0.6) is 0 Å². The van der Waals surface area contributed by atoms with Gasteiger partial charge >= 0.3 is 0 Å². The van der Waals surface area contributed by atoms with Crippen molar-refractivity contribution in [3.8, 4) is 0 Å². The summed E-state index contributed by atoms with van der Waals surface area (Å²) in [5.74, 6) is 0.0150. The van der Waals surface area contributed by atoms with E-state index in [1.807, 2.05) is 28.6 Å². The van der Waals surface area contributed by atoms with Gasteiger partial charge in [0.2, 0.25) is 5.91 Å². The van der Waals surface area contributed by atoms with E-state index in [-0.39, 0.29) is 5.91 Å². The van der Waals surface area contributed by atoms with Crippen LogP contribution in [0.4, 0.5) is 5.69 Å². The molecule has 3 rings (SSSR count). The molecular formula is C20H26ClN5O. The van der Waals surface area contributed by atoms with Crippen LogP contribution >= 0.6 is 11.6 Å². The SMILES string of the molecule is CCCCn1nc(C)c(/C=C/C(=O)N2CCN(c3ccncc3)CC2)c1Cl. The van der Waals surface area contributed by atoms with Crippen LogP contribution in [0.2, 0.25) is 5.15 Å². The van der Waals surface area contributed by atoms with Crippen molar-refractivity contribution in [2.45, 2.75) is 33.2 Å². The summed E-state index contributed by atoms with van der Waals surface area (Å²) < 4.78 is 1.82. The summed E-state index contributed by atoms with van der Waals surface area (Å²) in [7, 11) is 0. The number of hydrogen-bond donors (Lipinski definition) is 0. The highest BCUT2D eigenvalue weighted by Crippen LogP contribution is 2.22. The van der Waals surface area contributed by atoms with Crippen LogP contribution in [0.1, 0.15) is 31.0 Å². The van der Waals surface area contributed by atoms with Crippen molar-refractivity contribution >= 4 is 29.3 Å². The third-order valence-corrected chi connectivity index (χ3v) is 5.24. The quantitative estimate of drug-likeness (QED) is 0.713. The monoisotopic (exact) mass is 387 g/mol. The maximum absolute atomic E-state index is 12.6. The number of unbranched alkanes of at least 4 members (excludes halogenated alkanes) is 1. The Morgan fingerprint density at radius 1 is 1.22 bits per heavy atom. The number of aryl methyl sites for hydroxylation is 2. The minimum Gasteiger partial charge on any atom is -0.368 e. The molecule has 1 aliphatic heterocycles. The molecular weight excluding hydrogens is 362 g/mol. The zero-order valence-electron chi connectivity index (χ0n) is 15.9. The number of rotatable bonds is 6. The number of hydrogen-bond acceptors (Lipinski definition) is 4. The average molecular weight is 388 g/mol. The predicted molar refractivity (Wildman–Crippen MR) is 109 cm³/mol. The van der Waals surface area contributed by atoms with Crippen LogP contribution in [0.3, 0.4) is 0 Å². The van der Waals surface area contributed by atoms with Crippen LogP contribution < -0.4 is 4.90 Å². The van der Waals surface area contributed by atoms with Crippen molar-refractivity contribution in [1.29, 1.82) is 0 Å². The average Bonchev–Trinajstić information content (AvgIpc) is 2.98. The van der Waals surface area contributed by atoms with Crippen molar-refractivity contribution < 1.29 is 4.79 Å². The third-order valence-electron chi connectivity index (χ3n) is 4.84. The molecule has 2 aromatic heterocycles. The van der Waals surface area contributed by atoms with Gasteiger partial charge in [0.25, 0.3) is 0 Å². The van der Waals surface area contributed by atoms with Crippen molar-refractivity contribution in [1.82, 2.24) is 19.7 Å². The molecule has 27 heavy (non-hydrogen) atoms. The van der Waals surface area contributed by atoms with Crippen LogP contribution in [0.15, 0.2) is 30.6 Å². The van der Waals surface area contributed by atoms with E-state index in [1.54, 1.807) is 24.5 Å². The third kappa shape index (κ3) is 4.69. The highest BCUT2D eigenvalue weighted by molar-refractivity contribution is 6.31. The molecule has 0 aromatic carbocycles. The van der Waals surface area contributed by atoms with Crippen molar-refractivity contribution in [3.05, 3.63) is 47.0 Å². The first-order chi connectivity index (χ1) is 13.1. The molecule has 0 N–H and O–H groups in total. The number of nitrogens with zero attached hydrogens (tertiary/aromatic N) is 5. The number of halogens is 1. The standard InChI is InChI=1S/C20H26ClN5O/c1-3-4-11-26-20(21)18(16(2)23-26)5-6-19(27)25-14-12-24(13-15-25)17-7-9-22-10-8-17/h5-10H,3-4,11-15H2,1-2H3/b6-5+. The minimum atomic E-state index is 0.0150. The Morgan fingerprint density at radius 2 is 1.93 bits per heavy atom. The molecule has 3 heterocycles. The first-order valence-corrected chi connectivity index (χ1v) is 9.82. The largest absolute Gasteiger partial charge is 0.368 e. The Labute approximate surface area is 165 Å². The maximum Gasteiger partial charge on any atom is 0.246 e. The van der Waals surface area contributed by atoms with Crippen molar-refractivity contribution in [2.24, 2.45) is 0 Å². The summed E-state index contributed by atoms with van der Waals surface area (Å²) in [6, 6.07) is 4.00. The molecule has 0 radical (unpaired) electrons. The zero-order valence-corrected chi connectivity index (χ0v) is 16.7. The maximum atomic E-state index is 12.6. The molecule has 1 saturated heterocycles. The van der Waals surface area contributed by atoms with E-state index in [9.17, 15) is 4.79 Å². The Bertz CT molecular complexity index is 794. The van der Waals surface area contributed by atoms with Crippen LogP contribution in [0.25, 0.3) is 6.08 Å². The normalized spacial score (nSPS) is 14.9. The van der Waals surface area contributed by atoms with E-state index in [4.69, 9.17) is 11.6 Å². The van der Waals surface area contributed by atoms with Gasteiger partial charge in [-0.2, -0.15) is 5.10 Å². The van der Waals surface area contributed by atoms with Gasteiger partial charge in [0.15, 0.2) is 0 Å². The molecule has 144 valence electrons. The molecule has 2 aromatic rings. The number of pyridine rings is 1. The molecule has 6 nitrogen and oxygen atoms in total. The second kappa shape index (κ2) is 9.04. The van der Waals surface area contributed by atoms with Crippen molar-refractivity contribution in [3.63, 3.8) is 0 Å². The summed E-state index contributed by atoms with van der Waals surface area (Å²) in [5.41, 5.74) is 2.83. The molecule has 7 heteroatoms. The van der Waals surface area contributed by atoms with Gasteiger partial charge in [-0.05, 0) is 31.6 Å². The number of anilines is 1. The highest BCUT2D eigenvalue weighted by Gasteiger charge is 2.20. The van der Waals surface area contributed by atoms with Gasteiger partial charge in [-0.25, -0.2) is 0 Å². The molecule has 0 bridgehead atoms. The van der Waals surface area contributed by atoms with Crippen LogP contribution in [-0.4, -0.2) is 51.8 Å². The summed E-state index contributed by atoms with van der Waals surface area (Å²) in [5, 5.41) is 5.08. The fourth-order valence-electron chi connectivity index (χ4n) is 3.21. The van der Waals surface area contributed by atoms with Gasteiger partial charge in [-0.1, -0.05) is 24.9 Å². The van der Waals surface area contributed by atoms with E-state index in [2.05, 4.69) is 21.9 Å². The Hall–Kier alpha value is -2.34. The van der Waals surface area contributed by atoms with Gasteiger partial charge in [0.05, 0.1) is 5.69 Å². The fraction of sp³-hybridized carbons (Fsp3) is 0.450. The van der Waals surface area contributed by atoms with E-state index >= 15 is 0 Å². The summed E-state index contributed by atoms with van der Waals surface area (Å²) >= 11 is 6.43. The van der Waals surface area contributed by atoms with Gasteiger partial charge in [0.1, 0.15) is 5.15 Å². The lowest BCUT2D eigenvalue weighted by atomic mass is 10.2. The van der Waals surface area contributed by atoms with Crippen LogP contribution in [-0.2, 0) is 11.3 Å². The number of aromatic nitrogens is 3. The van der Waals surface area contributed by atoms with E-state index in [0.717, 1.165) is 49.4 Å². The first kappa shape index (κ1) is 19.4. The molecule has 1 fully saturated rings. The first-order valence-electron chi connectivity index (χ1n) is 9.45. The Morgan fingerprint density at radius 3 is 2.59 bits per heavy atom. The zero-order chi connectivity index (χ0) is 19.2. The topological polar surface area (TPSA) is 54.3 Å². The highest BCUT2D eigenvalue weighted by atomic mass is 35.5. The smallest absolute Gasteiger partial charge is 0.246 e. The summed E-state index contributed by atoms with van der Waals surface area (Å²) in [6.45, 7) is 7.90. The van der Waals surface area contributed by atoms with Gasteiger partial charge in [-0.15, -0.1) is 0 Å². The predicted octanol–water partition coefficient (Wildman–Crippen LogP) is 3.40. The summed E-state index contributed by atoms with van der Waals surface area (Å²) in [6.07, 6.45) is 9.12. The van der Waals surface area contributed by atoms with Gasteiger partial charge in [-0.3, -0.25) is 14.5 Å². The fourth-order valence-corrected chi connectivity index (χ4v) is 3.53. The lowest BCUT2D eigenvalue weighted by Gasteiger charge is -2.35. The molecule has 0 aliphatic carbocycles. The van der Waals surface area contributed by atoms with Crippen LogP contribution in [0, 0.1) is 6.92 Å². The molecule has 0 spiro atoms. The van der Waals surface area contributed by atoms with E-state index < -0.39 is 0 Å². The Balaban J connectivity index is 1.59. The summed E-state index contributed by atoms with van der Waals surface area (Å²) in [4.78, 5) is 20.8. The minimum absolute atomic E-state index is 0.0150.